The van der Waals surface area contributed by atoms with Crippen molar-refractivity contribution in [2.75, 3.05) is 18.5 Å². The Hall–Kier alpha value is -1.37. The minimum absolute atomic E-state index is 0.162. The first-order valence-corrected chi connectivity index (χ1v) is 9.16. The number of aryl methyl sites for hydroxylation is 1. The van der Waals surface area contributed by atoms with Crippen molar-refractivity contribution in [3.05, 3.63) is 46.8 Å². The molecule has 112 valence electrons. The van der Waals surface area contributed by atoms with Gasteiger partial charge in [-0.3, -0.25) is 0 Å². The molecular formula is C15H18N2O2S2. The van der Waals surface area contributed by atoms with Crippen molar-refractivity contribution < 1.29 is 8.42 Å². The normalized spacial score (nSPS) is 18.6. The van der Waals surface area contributed by atoms with Crippen LogP contribution in [0.5, 0.6) is 0 Å². The maximum atomic E-state index is 12.5. The van der Waals surface area contributed by atoms with Gasteiger partial charge in [0, 0.05) is 24.2 Å². The molecule has 0 amide bonds. The third kappa shape index (κ3) is 2.84. The molecule has 0 saturated carbocycles. The Kier molecular flexibility index (Phi) is 3.77. The van der Waals surface area contributed by atoms with Crippen LogP contribution in [0.3, 0.4) is 0 Å². The van der Waals surface area contributed by atoms with Crippen molar-refractivity contribution in [1.82, 2.24) is 4.72 Å². The molecule has 0 radical (unpaired) electrons. The van der Waals surface area contributed by atoms with Gasteiger partial charge in [-0.05, 0) is 37.1 Å². The lowest BCUT2D eigenvalue weighted by atomic mass is 9.98. The maximum Gasteiger partial charge on any atom is 0.250 e. The smallest absolute Gasteiger partial charge is 0.250 e. The first-order chi connectivity index (χ1) is 9.97. The van der Waals surface area contributed by atoms with Crippen LogP contribution in [-0.2, 0) is 10.0 Å². The lowest BCUT2D eigenvalue weighted by molar-refractivity contribution is 0.530. The van der Waals surface area contributed by atoms with E-state index in [9.17, 15) is 8.42 Å². The fourth-order valence-electron chi connectivity index (χ4n) is 2.65. The number of rotatable bonds is 3. The van der Waals surface area contributed by atoms with Crippen molar-refractivity contribution in [2.24, 2.45) is 0 Å². The van der Waals surface area contributed by atoms with Gasteiger partial charge in [-0.15, -0.1) is 11.3 Å². The minimum atomic E-state index is -3.45. The largest absolute Gasteiger partial charge is 0.374 e. The van der Waals surface area contributed by atoms with E-state index in [1.807, 2.05) is 44.3 Å². The number of para-hydroxylation sites is 1. The zero-order valence-corrected chi connectivity index (χ0v) is 13.7. The van der Waals surface area contributed by atoms with Crippen molar-refractivity contribution in [2.45, 2.75) is 23.6 Å². The van der Waals surface area contributed by atoms with E-state index in [1.54, 1.807) is 6.07 Å². The van der Waals surface area contributed by atoms with Gasteiger partial charge in [0.25, 0.3) is 10.0 Å². The Bertz CT molecular complexity index is 753. The first kappa shape index (κ1) is 14.6. The topological polar surface area (TPSA) is 49.4 Å². The van der Waals surface area contributed by atoms with E-state index in [1.165, 1.54) is 11.3 Å². The molecule has 2 heterocycles. The summed E-state index contributed by atoms with van der Waals surface area (Å²) in [6.07, 6.45) is 0.775. The molecule has 1 aliphatic heterocycles. The quantitative estimate of drug-likeness (QED) is 0.945. The van der Waals surface area contributed by atoms with Gasteiger partial charge in [-0.1, -0.05) is 18.2 Å². The Morgan fingerprint density at radius 3 is 2.71 bits per heavy atom. The van der Waals surface area contributed by atoms with Gasteiger partial charge in [0.2, 0.25) is 0 Å². The molecular weight excluding hydrogens is 304 g/mol. The standard InChI is InChI=1S/C15H18N2O2S2/c1-11-7-8-15(20-11)21(18,19)16-13-9-10-17(2)14-6-4-3-5-12(13)14/h3-8,13,16H,9-10H2,1-2H3. The fourth-order valence-corrected chi connectivity index (χ4v) is 5.20. The second-order valence-corrected chi connectivity index (χ2v) is 8.54. The molecule has 3 rings (SSSR count). The van der Waals surface area contributed by atoms with Crippen LogP contribution >= 0.6 is 11.3 Å². The molecule has 1 aromatic heterocycles. The van der Waals surface area contributed by atoms with Crippen molar-refractivity contribution in [3.63, 3.8) is 0 Å². The highest BCUT2D eigenvalue weighted by Gasteiger charge is 2.28. The zero-order valence-electron chi connectivity index (χ0n) is 12.0. The molecule has 0 spiro atoms. The molecule has 1 N–H and O–H groups in total. The third-order valence-electron chi connectivity index (χ3n) is 3.75. The van der Waals surface area contributed by atoms with E-state index in [4.69, 9.17) is 0 Å². The van der Waals surface area contributed by atoms with Gasteiger partial charge in [-0.2, -0.15) is 0 Å². The summed E-state index contributed by atoms with van der Waals surface area (Å²) in [6, 6.07) is 11.3. The van der Waals surface area contributed by atoms with Crippen LogP contribution in [0.2, 0.25) is 0 Å². The molecule has 1 aromatic carbocycles. The first-order valence-electron chi connectivity index (χ1n) is 6.86. The Labute approximate surface area is 129 Å². The summed E-state index contributed by atoms with van der Waals surface area (Å²) in [5.41, 5.74) is 2.14. The highest BCUT2D eigenvalue weighted by Crippen LogP contribution is 2.34. The molecule has 0 aliphatic carbocycles. The van der Waals surface area contributed by atoms with E-state index in [-0.39, 0.29) is 6.04 Å². The Balaban J connectivity index is 1.91. The number of nitrogens with one attached hydrogen (secondary N) is 1. The maximum absolute atomic E-state index is 12.5. The van der Waals surface area contributed by atoms with Gasteiger partial charge in [0.05, 0.1) is 6.04 Å². The summed E-state index contributed by atoms with van der Waals surface area (Å²) in [5, 5.41) is 0. The van der Waals surface area contributed by atoms with Gasteiger partial charge in [0.1, 0.15) is 4.21 Å². The lowest BCUT2D eigenvalue weighted by Crippen LogP contribution is -2.36. The van der Waals surface area contributed by atoms with E-state index >= 15 is 0 Å². The predicted octanol–water partition coefficient (Wildman–Crippen LogP) is 2.92. The Morgan fingerprint density at radius 2 is 2.00 bits per heavy atom. The van der Waals surface area contributed by atoms with Crippen LogP contribution in [0.4, 0.5) is 5.69 Å². The predicted molar refractivity (Wildman–Crippen MR) is 86.4 cm³/mol. The number of anilines is 1. The highest BCUT2D eigenvalue weighted by atomic mass is 32.2. The number of hydrogen-bond donors (Lipinski definition) is 1. The van der Waals surface area contributed by atoms with Crippen LogP contribution in [0.1, 0.15) is 22.9 Å². The monoisotopic (exact) mass is 322 g/mol. The molecule has 2 aromatic rings. The van der Waals surface area contributed by atoms with E-state index in [0.29, 0.717) is 4.21 Å². The lowest BCUT2D eigenvalue weighted by Gasteiger charge is -2.33. The summed E-state index contributed by atoms with van der Waals surface area (Å²) < 4.78 is 28.2. The summed E-state index contributed by atoms with van der Waals surface area (Å²) in [7, 11) is -1.42. The van der Waals surface area contributed by atoms with Gasteiger partial charge in [-0.25, -0.2) is 13.1 Å². The molecule has 0 saturated heterocycles. The number of thiophene rings is 1. The summed E-state index contributed by atoms with van der Waals surface area (Å²) in [4.78, 5) is 3.16. The SMILES string of the molecule is Cc1ccc(S(=O)(=O)NC2CCN(C)c3ccccc32)s1. The zero-order chi connectivity index (χ0) is 15.0. The average Bonchev–Trinajstić information content (AvgIpc) is 2.90. The summed E-state index contributed by atoms with van der Waals surface area (Å²) in [5.74, 6) is 0. The number of fused-ring (bicyclic) bond motifs is 1. The molecule has 0 fully saturated rings. The molecule has 6 heteroatoms. The number of hydrogen-bond acceptors (Lipinski definition) is 4. The fraction of sp³-hybridized carbons (Fsp3) is 0.333. The van der Waals surface area contributed by atoms with E-state index < -0.39 is 10.0 Å². The number of benzene rings is 1. The van der Waals surface area contributed by atoms with Crippen molar-refractivity contribution >= 4 is 27.0 Å². The van der Waals surface area contributed by atoms with Crippen LogP contribution < -0.4 is 9.62 Å². The number of sulfonamides is 1. The van der Waals surface area contributed by atoms with Crippen LogP contribution in [0.15, 0.2) is 40.6 Å². The minimum Gasteiger partial charge on any atom is -0.374 e. The summed E-state index contributed by atoms with van der Waals surface area (Å²) >= 11 is 1.30. The van der Waals surface area contributed by atoms with Gasteiger partial charge in [0.15, 0.2) is 0 Å². The average molecular weight is 322 g/mol. The molecule has 4 nitrogen and oxygen atoms in total. The molecule has 21 heavy (non-hydrogen) atoms. The second kappa shape index (κ2) is 5.44. The Morgan fingerprint density at radius 1 is 1.24 bits per heavy atom. The van der Waals surface area contributed by atoms with E-state index in [0.717, 1.165) is 29.1 Å². The van der Waals surface area contributed by atoms with Crippen molar-refractivity contribution in [1.29, 1.82) is 0 Å². The van der Waals surface area contributed by atoms with Crippen LogP contribution in [0.25, 0.3) is 0 Å². The van der Waals surface area contributed by atoms with E-state index in [2.05, 4.69) is 9.62 Å². The second-order valence-electron chi connectivity index (χ2n) is 5.31. The molecule has 1 aliphatic rings. The van der Waals surface area contributed by atoms with Crippen molar-refractivity contribution in [3.8, 4) is 0 Å². The molecule has 1 atom stereocenters. The van der Waals surface area contributed by atoms with Crippen LogP contribution in [-0.4, -0.2) is 22.0 Å². The highest BCUT2D eigenvalue weighted by molar-refractivity contribution is 7.91. The summed E-state index contributed by atoms with van der Waals surface area (Å²) in [6.45, 7) is 2.75. The van der Waals surface area contributed by atoms with Gasteiger partial charge < -0.3 is 4.90 Å². The molecule has 0 bridgehead atoms. The number of nitrogens with zero attached hydrogens (tertiary/aromatic N) is 1. The van der Waals surface area contributed by atoms with Gasteiger partial charge >= 0.3 is 0 Å². The molecule has 1 unspecified atom stereocenters. The third-order valence-corrected chi connectivity index (χ3v) is 6.72. The van der Waals surface area contributed by atoms with Crippen LogP contribution in [0, 0.1) is 6.92 Å².